The predicted molar refractivity (Wildman–Crippen MR) is 165 cm³/mol. The molecular weight excluding hydrogens is 554 g/mol. The molecule has 2 saturated heterocycles. The largest absolute Gasteiger partial charge is 0.394 e. The monoisotopic (exact) mass is 609 g/mol. The normalized spacial score (nSPS) is 30.3. The molecule has 2 fully saturated rings. The average Bonchev–Trinajstić information content (AvgIpc) is 2.98. The number of hydrogen-bond donors (Lipinski definition) is 5. The molecule has 43 heavy (non-hydrogen) atoms. The minimum atomic E-state index is -1.08. The van der Waals surface area contributed by atoms with Gasteiger partial charge in [0.25, 0.3) is 0 Å². The van der Waals surface area contributed by atoms with Gasteiger partial charge in [0.2, 0.25) is 5.91 Å². The molecule has 2 aliphatic rings. The van der Waals surface area contributed by atoms with Crippen molar-refractivity contribution in [1.82, 2.24) is 5.32 Å². The first-order valence-electron chi connectivity index (χ1n) is 15.9. The Morgan fingerprint density at radius 1 is 0.837 bits per heavy atom. The number of carbonyl (C=O) groups is 1. The third kappa shape index (κ3) is 15.6. The van der Waals surface area contributed by atoms with E-state index in [9.17, 15) is 25.2 Å². The van der Waals surface area contributed by atoms with Crippen LogP contribution < -0.4 is 5.32 Å². The van der Waals surface area contributed by atoms with Gasteiger partial charge in [0.15, 0.2) is 12.6 Å². The second-order valence-electron chi connectivity index (χ2n) is 11.1. The predicted octanol–water partition coefficient (Wildman–Crippen LogP) is 3.58. The van der Waals surface area contributed by atoms with Gasteiger partial charge in [0.05, 0.1) is 37.6 Å². The molecule has 10 nitrogen and oxygen atoms in total. The number of aliphatic hydroxyl groups excluding tert-OH is 4. The molecule has 1 amide bonds. The summed E-state index contributed by atoms with van der Waals surface area (Å²) in [5, 5.41) is 43.1. The number of nitrogens with one attached hydrogen (secondary N) is 1. The summed E-state index contributed by atoms with van der Waals surface area (Å²) in [6.07, 6.45) is 18.8. The molecule has 0 aliphatic carbocycles. The first-order chi connectivity index (χ1) is 20.8. The molecule has 0 spiro atoms. The molecule has 0 bridgehead atoms. The Labute approximate surface area is 257 Å². The van der Waals surface area contributed by atoms with E-state index in [4.69, 9.17) is 18.9 Å². The number of unbranched alkanes of at least 4 members (excludes halogenated alkanes) is 3. The van der Waals surface area contributed by atoms with Gasteiger partial charge in [-0.2, -0.15) is 0 Å². The van der Waals surface area contributed by atoms with E-state index in [1.54, 1.807) is 6.92 Å². The van der Waals surface area contributed by atoms with E-state index < -0.39 is 49.2 Å². The number of aliphatic hydroxyl groups is 4. The fourth-order valence-corrected chi connectivity index (χ4v) is 4.74. The molecule has 246 valence electrons. The van der Waals surface area contributed by atoms with E-state index >= 15 is 0 Å². The first kappa shape index (κ1) is 37.3. The van der Waals surface area contributed by atoms with Crippen molar-refractivity contribution in [2.75, 3.05) is 19.8 Å². The maximum Gasteiger partial charge on any atom is 0.220 e. The van der Waals surface area contributed by atoms with Crippen LogP contribution in [0.15, 0.2) is 48.6 Å². The van der Waals surface area contributed by atoms with Crippen molar-refractivity contribution in [2.24, 2.45) is 0 Å². The smallest absolute Gasteiger partial charge is 0.220 e. The molecular formula is C33H55NO9. The molecule has 0 radical (unpaired) electrons. The van der Waals surface area contributed by atoms with E-state index in [0.717, 1.165) is 32.1 Å². The van der Waals surface area contributed by atoms with Gasteiger partial charge in [-0.3, -0.25) is 4.79 Å². The molecule has 0 unspecified atom stereocenters. The number of rotatable bonds is 20. The maximum atomic E-state index is 12.2. The molecule has 8 atom stereocenters. The van der Waals surface area contributed by atoms with Gasteiger partial charge >= 0.3 is 0 Å². The third-order valence-corrected chi connectivity index (χ3v) is 7.35. The Hall–Kier alpha value is -1.89. The van der Waals surface area contributed by atoms with E-state index in [1.165, 1.54) is 19.3 Å². The van der Waals surface area contributed by atoms with Gasteiger partial charge in [-0.1, -0.05) is 68.4 Å². The van der Waals surface area contributed by atoms with Gasteiger partial charge in [0, 0.05) is 25.8 Å². The van der Waals surface area contributed by atoms with E-state index in [1.807, 2.05) is 0 Å². The number of allylic oxidation sites excluding steroid dienone is 8. The highest BCUT2D eigenvalue weighted by atomic mass is 16.7. The lowest BCUT2D eigenvalue weighted by Crippen LogP contribution is -2.56. The van der Waals surface area contributed by atoms with Crippen molar-refractivity contribution in [2.45, 2.75) is 134 Å². The lowest BCUT2D eigenvalue weighted by molar-refractivity contribution is -0.340. The van der Waals surface area contributed by atoms with Crippen LogP contribution in [0, 0.1) is 0 Å². The van der Waals surface area contributed by atoms with Crippen molar-refractivity contribution < 1.29 is 44.2 Å². The second-order valence-corrected chi connectivity index (χ2v) is 11.1. The average molecular weight is 610 g/mol. The van der Waals surface area contributed by atoms with E-state index in [2.05, 4.69) is 60.8 Å². The minimum Gasteiger partial charge on any atom is -0.394 e. The van der Waals surface area contributed by atoms with E-state index in [-0.39, 0.29) is 38.5 Å². The molecule has 0 aromatic carbocycles. The zero-order valence-corrected chi connectivity index (χ0v) is 26.0. The highest BCUT2D eigenvalue weighted by Crippen LogP contribution is 2.29. The quantitative estimate of drug-likeness (QED) is 0.103. The topological polar surface area (TPSA) is 147 Å². The van der Waals surface area contributed by atoms with Gasteiger partial charge in [-0.15, -0.1) is 0 Å². The number of ether oxygens (including phenoxy) is 4. The third-order valence-electron chi connectivity index (χ3n) is 7.35. The van der Waals surface area contributed by atoms with Crippen LogP contribution in [0.3, 0.4) is 0 Å². The van der Waals surface area contributed by atoms with Crippen molar-refractivity contribution in [3.05, 3.63) is 48.6 Å². The standard InChI is InChI=1S/C33H55NO9/c1-3-4-5-6-7-8-9-10-11-12-13-14-15-16-17-18-19-30(39)34-20-21-40-33-31(28(37)22-26(24-35)42-33)43-32-29(38)23-27(36)25(2)41-32/h6-7,9-10,12-13,15-16,25-29,31-33,35-38H,3-5,8,11,14,17-24H2,1-2H3,(H,34,39)/b7-6-,10-9-,13-12-,16-15-/t25-,26+,27+,28+,29-,31-,32+,33-/m1/s1. The number of carbonyl (C=O) groups excluding carboxylic acids is 1. The van der Waals surface area contributed by atoms with Crippen LogP contribution in [0.1, 0.15) is 84.5 Å². The molecule has 5 N–H and O–H groups in total. The Morgan fingerprint density at radius 2 is 1.47 bits per heavy atom. The summed E-state index contributed by atoms with van der Waals surface area (Å²) in [7, 11) is 0. The SMILES string of the molecule is CCCC/C=C\C/C=C\C/C=C\C/C=C\CCCC(=O)NCCO[C@@H]1O[C@H](CO)C[C@H](O)[C@H]1O[C@@H]1O[C@H](C)[C@@H](O)C[C@H]1O. The van der Waals surface area contributed by atoms with Gasteiger partial charge in [0.1, 0.15) is 12.2 Å². The Morgan fingerprint density at radius 3 is 2.09 bits per heavy atom. The molecule has 2 heterocycles. The van der Waals surface area contributed by atoms with Gasteiger partial charge < -0.3 is 44.7 Å². The summed E-state index contributed by atoms with van der Waals surface area (Å²) >= 11 is 0. The summed E-state index contributed by atoms with van der Waals surface area (Å²) < 4.78 is 22.9. The van der Waals surface area contributed by atoms with Crippen molar-refractivity contribution >= 4 is 5.91 Å². The fourth-order valence-electron chi connectivity index (χ4n) is 4.74. The zero-order chi connectivity index (χ0) is 31.3. The minimum absolute atomic E-state index is 0.0781. The van der Waals surface area contributed by atoms with Crippen LogP contribution in [0.4, 0.5) is 0 Å². The summed E-state index contributed by atoms with van der Waals surface area (Å²) in [6, 6.07) is 0. The molecule has 2 rings (SSSR count). The Bertz CT molecular complexity index is 861. The van der Waals surface area contributed by atoms with Crippen LogP contribution in [0.25, 0.3) is 0 Å². The molecule has 0 aromatic heterocycles. The van der Waals surface area contributed by atoms with Crippen molar-refractivity contribution in [3.8, 4) is 0 Å². The zero-order valence-electron chi connectivity index (χ0n) is 26.0. The number of amides is 1. The van der Waals surface area contributed by atoms with Gasteiger partial charge in [-0.05, 0) is 45.4 Å². The van der Waals surface area contributed by atoms with Crippen molar-refractivity contribution in [3.63, 3.8) is 0 Å². The number of hydrogen-bond acceptors (Lipinski definition) is 9. The Balaban J connectivity index is 1.59. The summed E-state index contributed by atoms with van der Waals surface area (Å²) in [4.78, 5) is 12.2. The highest BCUT2D eigenvalue weighted by molar-refractivity contribution is 5.75. The van der Waals surface area contributed by atoms with Gasteiger partial charge in [-0.25, -0.2) is 0 Å². The fraction of sp³-hybridized carbons (Fsp3) is 0.727. The van der Waals surface area contributed by atoms with Crippen LogP contribution in [-0.2, 0) is 23.7 Å². The molecule has 10 heteroatoms. The molecule has 2 aliphatic heterocycles. The lowest BCUT2D eigenvalue weighted by Gasteiger charge is -2.43. The van der Waals surface area contributed by atoms with Crippen molar-refractivity contribution in [1.29, 1.82) is 0 Å². The summed E-state index contributed by atoms with van der Waals surface area (Å²) in [5.41, 5.74) is 0. The van der Waals surface area contributed by atoms with E-state index in [0.29, 0.717) is 6.42 Å². The first-order valence-corrected chi connectivity index (χ1v) is 15.9. The second kappa shape index (κ2) is 22.6. The Kier molecular flexibility index (Phi) is 19.6. The maximum absolute atomic E-state index is 12.2. The van der Waals surface area contributed by atoms with Crippen LogP contribution in [0.5, 0.6) is 0 Å². The lowest BCUT2D eigenvalue weighted by atomic mass is 10.0. The molecule has 0 saturated carbocycles. The molecule has 0 aromatic rings. The summed E-state index contributed by atoms with van der Waals surface area (Å²) in [6.45, 7) is 3.91. The highest BCUT2D eigenvalue weighted by Gasteiger charge is 2.44. The van der Waals surface area contributed by atoms with Crippen LogP contribution in [0.2, 0.25) is 0 Å². The van der Waals surface area contributed by atoms with Crippen LogP contribution >= 0.6 is 0 Å². The summed E-state index contributed by atoms with van der Waals surface area (Å²) in [5.74, 6) is -0.0826. The van der Waals surface area contributed by atoms with Crippen LogP contribution in [-0.4, -0.2) is 95.3 Å².